The molecular formula is C16H21NO5. The van der Waals surface area contributed by atoms with Crippen molar-refractivity contribution >= 4 is 11.9 Å². The lowest BCUT2D eigenvalue weighted by atomic mass is 9.98. The van der Waals surface area contributed by atoms with Gasteiger partial charge in [0.2, 0.25) is 0 Å². The van der Waals surface area contributed by atoms with E-state index in [1.807, 2.05) is 6.92 Å². The Labute approximate surface area is 129 Å². The SMILES string of the molecule is COc1ccc(OCC(=O)NC2(C(=O)O)CCCC2)cc1C. The number of rotatable bonds is 6. The molecule has 1 aromatic carbocycles. The van der Waals surface area contributed by atoms with Crippen LogP contribution >= 0.6 is 0 Å². The molecule has 0 aromatic heterocycles. The van der Waals surface area contributed by atoms with E-state index in [4.69, 9.17) is 9.47 Å². The molecule has 6 nitrogen and oxygen atoms in total. The molecule has 120 valence electrons. The number of hydrogen-bond acceptors (Lipinski definition) is 4. The van der Waals surface area contributed by atoms with Crippen molar-refractivity contribution in [2.75, 3.05) is 13.7 Å². The Morgan fingerprint density at radius 3 is 2.55 bits per heavy atom. The first-order valence-electron chi connectivity index (χ1n) is 7.29. The Morgan fingerprint density at radius 2 is 2.00 bits per heavy atom. The summed E-state index contributed by atoms with van der Waals surface area (Å²) in [4.78, 5) is 23.3. The molecule has 0 atom stereocenters. The first-order valence-corrected chi connectivity index (χ1v) is 7.29. The lowest BCUT2D eigenvalue weighted by molar-refractivity contribution is -0.147. The summed E-state index contributed by atoms with van der Waals surface area (Å²) in [6.45, 7) is 1.67. The van der Waals surface area contributed by atoms with Crippen molar-refractivity contribution < 1.29 is 24.2 Å². The molecule has 0 bridgehead atoms. The second-order valence-corrected chi connectivity index (χ2v) is 5.56. The van der Waals surface area contributed by atoms with Crippen LogP contribution in [0.15, 0.2) is 18.2 Å². The number of carboxylic acid groups (broad SMARTS) is 1. The second-order valence-electron chi connectivity index (χ2n) is 5.56. The average Bonchev–Trinajstić information content (AvgIpc) is 2.95. The molecule has 2 rings (SSSR count). The third-order valence-electron chi connectivity index (χ3n) is 3.98. The highest BCUT2D eigenvalue weighted by Crippen LogP contribution is 2.30. The van der Waals surface area contributed by atoms with Gasteiger partial charge >= 0.3 is 5.97 Å². The van der Waals surface area contributed by atoms with Gasteiger partial charge in [-0.25, -0.2) is 4.79 Å². The summed E-state index contributed by atoms with van der Waals surface area (Å²) >= 11 is 0. The van der Waals surface area contributed by atoms with Crippen molar-refractivity contribution in [2.45, 2.75) is 38.1 Å². The van der Waals surface area contributed by atoms with E-state index < -0.39 is 17.4 Å². The third-order valence-corrected chi connectivity index (χ3v) is 3.98. The molecular weight excluding hydrogens is 286 g/mol. The Kier molecular flexibility index (Phi) is 4.90. The van der Waals surface area contributed by atoms with Crippen LogP contribution in [0.5, 0.6) is 11.5 Å². The maximum Gasteiger partial charge on any atom is 0.329 e. The average molecular weight is 307 g/mol. The number of carbonyl (C=O) groups excluding carboxylic acids is 1. The molecule has 0 saturated heterocycles. The molecule has 1 aliphatic rings. The molecule has 1 aliphatic carbocycles. The molecule has 1 fully saturated rings. The van der Waals surface area contributed by atoms with E-state index in [-0.39, 0.29) is 6.61 Å². The van der Waals surface area contributed by atoms with E-state index in [9.17, 15) is 14.7 Å². The summed E-state index contributed by atoms with van der Waals surface area (Å²) in [7, 11) is 1.59. The molecule has 2 N–H and O–H groups in total. The fourth-order valence-electron chi connectivity index (χ4n) is 2.76. The normalized spacial score (nSPS) is 16.1. The van der Waals surface area contributed by atoms with Crippen LogP contribution in [0.3, 0.4) is 0 Å². The lowest BCUT2D eigenvalue weighted by Crippen LogP contribution is -2.53. The van der Waals surface area contributed by atoms with Crippen LogP contribution in [0.1, 0.15) is 31.2 Å². The molecule has 1 aromatic rings. The number of ether oxygens (including phenoxy) is 2. The van der Waals surface area contributed by atoms with Crippen LogP contribution < -0.4 is 14.8 Å². The van der Waals surface area contributed by atoms with Gasteiger partial charge in [-0.05, 0) is 43.5 Å². The van der Waals surface area contributed by atoms with Crippen LogP contribution in [0.2, 0.25) is 0 Å². The highest BCUT2D eigenvalue weighted by molar-refractivity contribution is 5.87. The summed E-state index contributed by atoms with van der Waals surface area (Å²) in [5.41, 5.74) is -0.228. The largest absolute Gasteiger partial charge is 0.496 e. The van der Waals surface area contributed by atoms with Gasteiger partial charge in [-0.3, -0.25) is 4.79 Å². The fourth-order valence-corrected chi connectivity index (χ4v) is 2.76. The lowest BCUT2D eigenvalue weighted by Gasteiger charge is -2.25. The second kappa shape index (κ2) is 6.68. The van der Waals surface area contributed by atoms with Crippen LogP contribution in [0.25, 0.3) is 0 Å². The number of carbonyl (C=O) groups is 2. The van der Waals surface area contributed by atoms with Gasteiger partial charge in [0, 0.05) is 0 Å². The van der Waals surface area contributed by atoms with Gasteiger partial charge in [0.05, 0.1) is 7.11 Å². The van der Waals surface area contributed by atoms with E-state index in [2.05, 4.69) is 5.32 Å². The number of aryl methyl sites for hydroxylation is 1. The Morgan fingerprint density at radius 1 is 1.32 bits per heavy atom. The Bertz CT molecular complexity index is 564. The minimum Gasteiger partial charge on any atom is -0.496 e. The minimum absolute atomic E-state index is 0.208. The van der Waals surface area contributed by atoms with Crippen molar-refractivity contribution in [2.24, 2.45) is 0 Å². The number of nitrogens with one attached hydrogen (secondary N) is 1. The summed E-state index contributed by atoms with van der Waals surface area (Å²) in [5, 5.41) is 11.9. The van der Waals surface area contributed by atoms with E-state index in [0.29, 0.717) is 18.6 Å². The van der Waals surface area contributed by atoms with Crippen LogP contribution in [0.4, 0.5) is 0 Å². The van der Waals surface area contributed by atoms with Crippen molar-refractivity contribution in [3.63, 3.8) is 0 Å². The molecule has 0 unspecified atom stereocenters. The van der Waals surface area contributed by atoms with E-state index in [0.717, 1.165) is 24.2 Å². The summed E-state index contributed by atoms with van der Waals surface area (Å²) in [6, 6.07) is 5.24. The predicted octanol–water partition coefficient (Wildman–Crippen LogP) is 1.90. The summed E-state index contributed by atoms with van der Waals surface area (Å²) in [6.07, 6.45) is 2.56. The highest BCUT2D eigenvalue weighted by atomic mass is 16.5. The van der Waals surface area contributed by atoms with Crippen LogP contribution in [-0.2, 0) is 9.59 Å². The quantitative estimate of drug-likeness (QED) is 0.838. The van der Waals surface area contributed by atoms with Crippen molar-refractivity contribution in [3.8, 4) is 11.5 Å². The number of methoxy groups -OCH3 is 1. The van der Waals surface area contributed by atoms with Crippen molar-refractivity contribution in [1.82, 2.24) is 5.32 Å². The summed E-state index contributed by atoms with van der Waals surface area (Å²) in [5.74, 6) is -0.103. The molecule has 0 spiro atoms. The van der Waals surface area contributed by atoms with E-state index >= 15 is 0 Å². The van der Waals surface area contributed by atoms with Crippen molar-refractivity contribution in [3.05, 3.63) is 23.8 Å². The topological polar surface area (TPSA) is 84.9 Å². The zero-order chi connectivity index (χ0) is 16.2. The van der Waals surface area contributed by atoms with Gasteiger partial charge in [-0.1, -0.05) is 12.8 Å². The van der Waals surface area contributed by atoms with Crippen LogP contribution in [-0.4, -0.2) is 36.2 Å². The minimum atomic E-state index is -1.13. The molecule has 6 heteroatoms. The predicted molar refractivity (Wildman–Crippen MR) is 80.2 cm³/mol. The highest BCUT2D eigenvalue weighted by Gasteiger charge is 2.42. The number of amides is 1. The van der Waals surface area contributed by atoms with Gasteiger partial charge in [-0.15, -0.1) is 0 Å². The standard InChI is InChI=1S/C16H21NO5/c1-11-9-12(5-6-13(11)21-2)22-10-14(18)17-16(15(19)20)7-3-4-8-16/h5-6,9H,3-4,7-8,10H2,1-2H3,(H,17,18)(H,19,20). The smallest absolute Gasteiger partial charge is 0.329 e. The maximum atomic E-state index is 12.0. The monoisotopic (exact) mass is 307 g/mol. The molecule has 1 amide bonds. The van der Waals surface area contributed by atoms with Crippen molar-refractivity contribution in [1.29, 1.82) is 0 Å². The van der Waals surface area contributed by atoms with Gasteiger partial charge in [0.15, 0.2) is 6.61 Å². The number of benzene rings is 1. The van der Waals surface area contributed by atoms with Gasteiger partial charge in [-0.2, -0.15) is 0 Å². The molecule has 1 saturated carbocycles. The number of hydrogen-bond donors (Lipinski definition) is 2. The first-order chi connectivity index (χ1) is 10.5. The van der Waals surface area contributed by atoms with Gasteiger partial charge in [0.1, 0.15) is 17.0 Å². The molecule has 0 aliphatic heterocycles. The number of carboxylic acids is 1. The molecule has 0 heterocycles. The maximum absolute atomic E-state index is 12.0. The Balaban J connectivity index is 1.92. The van der Waals surface area contributed by atoms with E-state index in [1.165, 1.54) is 0 Å². The fraction of sp³-hybridized carbons (Fsp3) is 0.500. The zero-order valence-electron chi connectivity index (χ0n) is 12.8. The third kappa shape index (κ3) is 3.50. The first kappa shape index (κ1) is 16.1. The summed E-state index contributed by atoms with van der Waals surface area (Å²) < 4.78 is 10.6. The van der Waals surface area contributed by atoms with Gasteiger partial charge in [0.25, 0.3) is 5.91 Å². The Hall–Kier alpha value is -2.24. The molecule has 0 radical (unpaired) electrons. The van der Waals surface area contributed by atoms with E-state index in [1.54, 1.807) is 25.3 Å². The zero-order valence-corrected chi connectivity index (χ0v) is 12.8. The van der Waals surface area contributed by atoms with Crippen LogP contribution in [0, 0.1) is 6.92 Å². The number of aliphatic carboxylic acids is 1. The molecule has 22 heavy (non-hydrogen) atoms. The van der Waals surface area contributed by atoms with Gasteiger partial charge < -0.3 is 19.9 Å².